The van der Waals surface area contributed by atoms with Gasteiger partial charge >= 0.3 is 0 Å². The maximum Gasteiger partial charge on any atom is 0.244 e. The third-order valence-electron chi connectivity index (χ3n) is 5.54. The molecule has 2 fully saturated rings. The van der Waals surface area contributed by atoms with Crippen molar-refractivity contribution in [3.63, 3.8) is 0 Å². The average Bonchev–Trinajstić information content (AvgIpc) is 3.14. The molecule has 1 heterocycles. The zero-order chi connectivity index (χ0) is 18.4. The number of halogens is 2. The lowest BCUT2D eigenvalue weighted by molar-refractivity contribution is -0.128. The molecule has 3 rings (SSSR count). The predicted molar refractivity (Wildman–Crippen MR) is 125 cm³/mol. The number of amides is 1. The summed E-state index contributed by atoms with van der Waals surface area (Å²) in [5.74, 6) is 0.870. The molecule has 0 bridgehead atoms. The zero-order valence-electron chi connectivity index (χ0n) is 16.0. The number of aliphatic imine (C=N–C) groups is 1. The SMILES string of the molecule is CCNC(=NCC(=O)N1CCCC1)NCC1(c2ccc(Br)cc2)CCC1.I. The first-order valence-electron chi connectivity index (χ1n) is 9.69. The maximum atomic E-state index is 12.2. The molecule has 1 aromatic rings. The van der Waals surface area contributed by atoms with Crippen LogP contribution in [-0.4, -0.2) is 49.5 Å². The molecule has 1 saturated heterocycles. The van der Waals surface area contributed by atoms with Gasteiger partial charge in [-0.1, -0.05) is 34.5 Å². The van der Waals surface area contributed by atoms with Gasteiger partial charge in [0.05, 0.1) is 0 Å². The Labute approximate surface area is 187 Å². The Balaban J connectivity index is 0.00000261. The molecule has 1 aromatic carbocycles. The number of rotatable bonds is 6. The molecule has 27 heavy (non-hydrogen) atoms. The molecule has 7 heteroatoms. The Morgan fingerprint density at radius 2 is 1.81 bits per heavy atom. The highest BCUT2D eigenvalue weighted by atomic mass is 127. The van der Waals surface area contributed by atoms with Crippen LogP contribution in [0.5, 0.6) is 0 Å². The minimum absolute atomic E-state index is 0. The van der Waals surface area contributed by atoms with Crippen molar-refractivity contribution in [1.29, 1.82) is 0 Å². The first kappa shape index (κ1) is 22.5. The van der Waals surface area contributed by atoms with E-state index in [0.717, 1.165) is 49.5 Å². The largest absolute Gasteiger partial charge is 0.357 e. The van der Waals surface area contributed by atoms with Gasteiger partial charge in [-0.05, 0) is 50.3 Å². The van der Waals surface area contributed by atoms with E-state index in [1.165, 1.54) is 24.8 Å². The molecule has 0 atom stereocenters. The molecular weight excluding hydrogens is 519 g/mol. The predicted octanol–water partition coefficient (Wildman–Crippen LogP) is 3.67. The molecule has 1 aliphatic carbocycles. The molecule has 150 valence electrons. The van der Waals surface area contributed by atoms with Crippen molar-refractivity contribution < 1.29 is 4.79 Å². The number of hydrogen-bond acceptors (Lipinski definition) is 2. The summed E-state index contributed by atoms with van der Waals surface area (Å²) in [6.07, 6.45) is 5.87. The standard InChI is InChI=1S/C20H29BrN4O.HI/c1-2-22-19(23-14-18(26)25-12-3-4-13-25)24-15-20(10-5-11-20)16-6-8-17(21)9-7-16;/h6-9H,2-5,10-15H2,1H3,(H2,22,23,24);1H. The van der Waals surface area contributed by atoms with Crippen LogP contribution >= 0.6 is 39.9 Å². The average molecular weight is 549 g/mol. The fourth-order valence-electron chi connectivity index (χ4n) is 3.78. The Morgan fingerprint density at radius 1 is 1.15 bits per heavy atom. The first-order chi connectivity index (χ1) is 12.6. The molecule has 0 aromatic heterocycles. The summed E-state index contributed by atoms with van der Waals surface area (Å²) in [6, 6.07) is 8.66. The van der Waals surface area contributed by atoms with Gasteiger partial charge in [0.25, 0.3) is 0 Å². The van der Waals surface area contributed by atoms with Gasteiger partial charge in [0.1, 0.15) is 6.54 Å². The van der Waals surface area contributed by atoms with E-state index in [1.54, 1.807) is 0 Å². The Kier molecular flexibility index (Phi) is 8.85. The second-order valence-corrected chi connectivity index (χ2v) is 8.19. The van der Waals surface area contributed by atoms with Crippen LogP contribution in [0.15, 0.2) is 33.7 Å². The van der Waals surface area contributed by atoms with E-state index in [1.807, 2.05) is 11.8 Å². The lowest BCUT2D eigenvalue weighted by Gasteiger charge is -2.43. The number of benzene rings is 1. The lowest BCUT2D eigenvalue weighted by atomic mass is 9.64. The van der Waals surface area contributed by atoms with Gasteiger partial charge in [-0.3, -0.25) is 4.79 Å². The Bertz CT molecular complexity index is 640. The summed E-state index contributed by atoms with van der Waals surface area (Å²) in [4.78, 5) is 18.7. The molecule has 2 N–H and O–H groups in total. The molecule has 0 unspecified atom stereocenters. The molecule has 2 aliphatic rings. The van der Waals surface area contributed by atoms with Crippen LogP contribution in [0.1, 0.15) is 44.6 Å². The summed E-state index contributed by atoms with van der Waals surface area (Å²) in [5.41, 5.74) is 1.55. The van der Waals surface area contributed by atoms with Crippen LogP contribution in [0.2, 0.25) is 0 Å². The molecule has 0 radical (unpaired) electrons. The van der Waals surface area contributed by atoms with Crippen molar-refractivity contribution >= 4 is 51.8 Å². The molecule has 5 nitrogen and oxygen atoms in total. The smallest absolute Gasteiger partial charge is 0.244 e. The number of hydrogen-bond donors (Lipinski definition) is 2. The van der Waals surface area contributed by atoms with E-state index in [9.17, 15) is 4.79 Å². The van der Waals surface area contributed by atoms with E-state index < -0.39 is 0 Å². The van der Waals surface area contributed by atoms with Crippen LogP contribution in [0.25, 0.3) is 0 Å². The number of nitrogens with zero attached hydrogens (tertiary/aromatic N) is 2. The zero-order valence-corrected chi connectivity index (χ0v) is 19.9. The quantitative estimate of drug-likeness (QED) is 0.324. The highest BCUT2D eigenvalue weighted by Gasteiger charge is 2.38. The minimum Gasteiger partial charge on any atom is -0.357 e. The topological polar surface area (TPSA) is 56.7 Å². The van der Waals surface area contributed by atoms with Crippen molar-refractivity contribution in [2.75, 3.05) is 32.7 Å². The normalized spacial score (nSPS) is 18.4. The van der Waals surface area contributed by atoms with Crippen LogP contribution in [0, 0.1) is 0 Å². The summed E-state index contributed by atoms with van der Waals surface area (Å²) < 4.78 is 1.11. The van der Waals surface area contributed by atoms with Gasteiger partial charge in [0.15, 0.2) is 5.96 Å². The number of likely N-dealkylation sites (tertiary alicyclic amines) is 1. The number of guanidine groups is 1. The van der Waals surface area contributed by atoms with Gasteiger partial charge in [-0.2, -0.15) is 0 Å². The van der Waals surface area contributed by atoms with E-state index in [-0.39, 0.29) is 41.8 Å². The monoisotopic (exact) mass is 548 g/mol. The van der Waals surface area contributed by atoms with Gasteiger partial charge in [-0.15, -0.1) is 24.0 Å². The van der Waals surface area contributed by atoms with E-state index in [4.69, 9.17) is 0 Å². The summed E-state index contributed by atoms with van der Waals surface area (Å²) in [7, 11) is 0. The second-order valence-electron chi connectivity index (χ2n) is 7.28. The first-order valence-corrected chi connectivity index (χ1v) is 10.5. The highest BCUT2D eigenvalue weighted by Crippen LogP contribution is 2.43. The number of nitrogens with one attached hydrogen (secondary N) is 2. The van der Waals surface area contributed by atoms with Gasteiger partial charge < -0.3 is 15.5 Å². The molecule has 0 spiro atoms. The van der Waals surface area contributed by atoms with Crippen molar-refractivity contribution in [3.8, 4) is 0 Å². The molecule has 1 aliphatic heterocycles. The molecular formula is C20H30BrIN4O. The van der Waals surface area contributed by atoms with Crippen LogP contribution < -0.4 is 10.6 Å². The van der Waals surface area contributed by atoms with E-state index >= 15 is 0 Å². The Hall–Kier alpha value is -0.830. The highest BCUT2D eigenvalue weighted by molar-refractivity contribution is 14.0. The van der Waals surface area contributed by atoms with Gasteiger partial charge in [0.2, 0.25) is 5.91 Å². The van der Waals surface area contributed by atoms with Gasteiger partial charge in [-0.25, -0.2) is 4.99 Å². The fourth-order valence-corrected chi connectivity index (χ4v) is 4.05. The minimum atomic E-state index is 0. The summed E-state index contributed by atoms with van der Waals surface area (Å²) >= 11 is 3.52. The molecule has 1 saturated carbocycles. The summed E-state index contributed by atoms with van der Waals surface area (Å²) in [5, 5.41) is 6.75. The van der Waals surface area contributed by atoms with Crippen molar-refractivity contribution in [2.24, 2.45) is 4.99 Å². The van der Waals surface area contributed by atoms with Crippen LogP contribution in [0.4, 0.5) is 0 Å². The van der Waals surface area contributed by atoms with Crippen molar-refractivity contribution in [2.45, 2.75) is 44.4 Å². The second kappa shape index (κ2) is 10.6. The van der Waals surface area contributed by atoms with Crippen LogP contribution in [-0.2, 0) is 10.2 Å². The third kappa shape index (κ3) is 5.82. The van der Waals surface area contributed by atoms with Gasteiger partial charge in [0, 0.05) is 36.1 Å². The van der Waals surface area contributed by atoms with E-state index in [2.05, 4.69) is 55.8 Å². The van der Waals surface area contributed by atoms with Crippen molar-refractivity contribution in [1.82, 2.24) is 15.5 Å². The number of carbonyl (C=O) groups is 1. The molecule has 1 amide bonds. The third-order valence-corrected chi connectivity index (χ3v) is 6.07. The maximum absolute atomic E-state index is 12.2. The van der Waals surface area contributed by atoms with E-state index in [0.29, 0.717) is 0 Å². The fraction of sp³-hybridized carbons (Fsp3) is 0.600. The Morgan fingerprint density at radius 3 is 2.37 bits per heavy atom. The lowest BCUT2D eigenvalue weighted by Crippen LogP contribution is -2.49. The van der Waals surface area contributed by atoms with Crippen LogP contribution in [0.3, 0.4) is 0 Å². The van der Waals surface area contributed by atoms with Crippen molar-refractivity contribution in [3.05, 3.63) is 34.3 Å². The number of carbonyl (C=O) groups excluding carboxylic acids is 1. The summed E-state index contributed by atoms with van der Waals surface area (Å²) in [6.45, 7) is 5.66.